The van der Waals surface area contributed by atoms with E-state index in [-0.39, 0.29) is 23.9 Å². The van der Waals surface area contributed by atoms with Crippen molar-refractivity contribution in [3.63, 3.8) is 0 Å². The molecule has 108 valence electrons. The Morgan fingerprint density at radius 3 is 2.70 bits per heavy atom. The van der Waals surface area contributed by atoms with Crippen LogP contribution in [0.1, 0.15) is 31.1 Å². The number of hydrogen-bond donors (Lipinski definition) is 1. The topological polar surface area (TPSA) is 49.4 Å². The first-order valence-corrected chi connectivity index (χ1v) is 8.14. The Morgan fingerprint density at radius 1 is 1.40 bits per heavy atom. The number of halogens is 1. The molecule has 0 bridgehead atoms. The maximum absolute atomic E-state index is 12.6. The van der Waals surface area contributed by atoms with E-state index in [1.807, 2.05) is 19.1 Å². The lowest BCUT2D eigenvalue weighted by Crippen LogP contribution is -2.63. The number of nitrogens with one attached hydrogen (secondary N) is 1. The average Bonchev–Trinajstić information content (AvgIpc) is 3.17. The smallest absolute Gasteiger partial charge is 0.246 e. The van der Waals surface area contributed by atoms with E-state index in [1.165, 1.54) is 11.3 Å². The zero-order chi connectivity index (χ0) is 14.3. The summed E-state index contributed by atoms with van der Waals surface area (Å²) in [6, 6.07) is 3.07. The highest BCUT2D eigenvalue weighted by Crippen LogP contribution is 2.36. The lowest BCUT2D eigenvalue weighted by molar-refractivity contribution is -0.150. The molecule has 2 amide bonds. The van der Waals surface area contributed by atoms with E-state index < -0.39 is 0 Å². The summed E-state index contributed by atoms with van der Waals surface area (Å²) in [5, 5.41) is 2.90. The van der Waals surface area contributed by atoms with Crippen molar-refractivity contribution in [2.75, 3.05) is 0 Å². The van der Waals surface area contributed by atoms with E-state index in [1.54, 1.807) is 4.90 Å². The van der Waals surface area contributed by atoms with Gasteiger partial charge in [-0.3, -0.25) is 9.59 Å². The van der Waals surface area contributed by atoms with Crippen molar-refractivity contribution in [3.8, 4) is 0 Å². The summed E-state index contributed by atoms with van der Waals surface area (Å²) in [5.41, 5.74) is 0. The molecule has 3 rings (SSSR count). The molecule has 1 aliphatic carbocycles. The summed E-state index contributed by atoms with van der Waals surface area (Å²) in [4.78, 5) is 27.6. The predicted octanol–water partition coefficient (Wildman–Crippen LogP) is 2.42. The molecule has 6 heteroatoms. The van der Waals surface area contributed by atoms with Crippen molar-refractivity contribution in [3.05, 3.63) is 21.3 Å². The van der Waals surface area contributed by atoms with E-state index in [4.69, 9.17) is 11.6 Å². The molecule has 0 spiro atoms. The number of rotatable bonds is 4. The Balaban J connectivity index is 1.82. The van der Waals surface area contributed by atoms with Gasteiger partial charge in [-0.1, -0.05) is 18.5 Å². The highest BCUT2D eigenvalue weighted by Gasteiger charge is 2.46. The zero-order valence-corrected chi connectivity index (χ0v) is 12.8. The summed E-state index contributed by atoms with van der Waals surface area (Å²) in [5.74, 6) is 0.369. The molecule has 1 aliphatic heterocycles. The van der Waals surface area contributed by atoms with Crippen LogP contribution in [0.5, 0.6) is 0 Å². The van der Waals surface area contributed by atoms with Gasteiger partial charge in [0, 0.05) is 4.88 Å². The molecule has 2 fully saturated rings. The normalized spacial score (nSPS) is 26.8. The molecule has 2 aliphatic rings. The molecular formula is C14H17ClN2O2S. The van der Waals surface area contributed by atoms with Gasteiger partial charge in [-0.2, -0.15) is 0 Å². The standard InChI is InChI=1S/C14H17ClN2O2S/c1-2-10-13(18)16-12(8-3-4-8)14(19)17(10)7-9-5-6-11(15)20-9/h5-6,8,10,12H,2-4,7H2,1H3,(H,16,18). The number of carbonyl (C=O) groups excluding carboxylic acids is 2. The highest BCUT2D eigenvalue weighted by molar-refractivity contribution is 7.16. The van der Waals surface area contributed by atoms with Crippen LogP contribution in [0.15, 0.2) is 12.1 Å². The number of thiophene rings is 1. The monoisotopic (exact) mass is 312 g/mol. The molecular weight excluding hydrogens is 296 g/mol. The van der Waals surface area contributed by atoms with Crippen LogP contribution in [-0.2, 0) is 16.1 Å². The van der Waals surface area contributed by atoms with Gasteiger partial charge in [0.05, 0.1) is 10.9 Å². The quantitative estimate of drug-likeness (QED) is 0.928. The third kappa shape index (κ3) is 2.56. The minimum absolute atomic E-state index is 0.0216. The molecule has 4 nitrogen and oxygen atoms in total. The van der Waals surface area contributed by atoms with E-state index in [2.05, 4.69) is 5.32 Å². The lowest BCUT2D eigenvalue weighted by atomic mass is 10.0. The largest absolute Gasteiger partial charge is 0.342 e. The first-order valence-electron chi connectivity index (χ1n) is 6.95. The van der Waals surface area contributed by atoms with Crippen LogP contribution in [-0.4, -0.2) is 28.8 Å². The van der Waals surface area contributed by atoms with Gasteiger partial charge in [-0.25, -0.2) is 0 Å². The van der Waals surface area contributed by atoms with Crippen molar-refractivity contribution >= 4 is 34.8 Å². The SMILES string of the molecule is CCC1C(=O)NC(C2CC2)C(=O)N1Cc1ccc(Cl)s1. The van der Waals surface area contributed by atoms with E-state index in [0.717, 1.165) is 17.7 Å². The number of nitrogens with zero attached hydrogens (tertiary/aromatic N) is 1. The van der Waals surface area contributed by atoms with Crippen molar-refractivity contribution in [1.29, 1.82) is 0 Å². The maximum Gasteiger partial charge on any atom is 0.246 e. The Kier molecular flexibility index (Phi) is 3.73. The van der Waals surface area contributed by atoms with E-state index in [9.17, 15) is 9.59 Å². The summed E-state index contributed by atoms with van der Waals surface area (Å²) >= 11 is 7.40. The Labute approximate surface area is 127 Å². The second-order valence-electron chi connectivity index (χ2n) is 5.42. The maximum atomic E-state index is 12.6. The van der Waals surface area contributed by atoms with Crippen LogP contribution in [0.4, 0.5) is 0 Å². The number of piperazine rings is 1. The zero-order valence-electron chi connectivity index (χ0n) is 11.3. The third-order valence-corrected chi connectivity index (χ3v) is 5.18. The van der Waals surface area contributed by atoms with Crippen LogP contribution < -0.4 is 5.32 Å². The first kappa shape index (κ1) is 13.9. The first-order chi connectivity index (χ1) is 9.60. The molecule has 2 atom stereocenters. The Bertz CT molecular complexity index is 541. The van der Waals surface area contributed by atoms with Gasteiger partial charge < -0.3 is 10.2 Å². The molecule has 2 heterocycles. The molecule has 1 saturated carbocycles. The van der Waals surface area contributed by atoms with Gasteiger partial charge in [-0.05, 0) is 37.3 Å². The van der Waals surface area contributed by atoms with E-state index >= 15 is 0 Å². The summed E-state index contributed by atoms with van der Waals surface area (Å²) in [6.07, 6.45) is 2.70. The van der Waals surface area contributed by atoms with E-state index in [0.29, 0.717) is 23.2 Å². The van der Waals surface area contributed by atoms with Crippen LogP contribution in [0.25, 0.3) is 0 Å². The Morgan fingerprint density at radius 2 is 2.15 bits per heavy atom. The minimum Gasteiger partial charge on any atom is -0.342 e. The van der Waals surface area contributed by atoms with Gasteiger partial charge in [0.25, 0.3) is 0 Å². The molecule has 1 aromatic rings. The summed E-state index contributed by atoms with van der Waals surface area (Å²) in [6.45, 7) is 2.41. The second kappa shape index (κ2) is 5.37. The summed E-state index contributed by atoms with van der Waals surface area (Å²) in [7, 11) is 0. The van der Waals surface area contributed by atoms with Crippen molar-refractivity contribution in [2.45, 2.75) is 44.8 Å². The molecule has 20 heavy (non-hydrogen) atoms. The average molecular weight is 313 g/mol. The third-order valence-electron chi connectivity index (χ3n) is 3.96. The highest BCUT2D eigenvalue weighted by atomic mass is 35.5. The van der Waals surface area contributed by atoms with Gasteiger partial charge in [0.1, 0.15) is 12.1 Å². The fourth-order valence-corrected chi connectivity index (χ4v) is 3.82. The van der Waals surface area contributed by atoms with Gasteiger partial charge in [-0.15, -0.1) is 11.3 Å². The van der Waals surface area contributed by atoms with Gasteiger partial charge in [0.2, 0.25) is 11.8 Å². The van der Waals surface area contributed by atoms with Crippen molar-refractivity contribution in [2.24, 2.45) is 5.92 Å². The molecule has 1 saturated heterocycles. The fraction of sp³-hybridized carbons (Fsp3) is 0.571. The molecule has 1 N–H and O–H groups in total. The predicted molar refractivity (Wildman–Crippen MR) is 78.6 cm³/mol. The number of amides is 2. The van der Waals surface area contributed by atoms with Crippen molar-refractivity contribution in [1.82, 2.24) is 10.2 Å². The summed E-state index contributed by atoms with van der Waals surface area (Å²) < 4.78 is 0.709. The van der Waals surface area contributed by atoms with Gasteiger partial charge in [0.15, 0.2) is 0 Å². The van der Waals surface area contributed by atoms with Crippen molar-refractivity contribution < 1.29 is 9.59 Å². The molecule has 0 aromatic carbocycles. The number of carbonyl (C=O) groups is 2. The number of hydrogen-bond acceptors (Lipinski definition) is 3. The van der Waals surface area contributed by atoms with Crippen LogP contribution >= 0.6 is 22.9 Å². The second-order valence-corrected chi connectivity index (χ2v) is 7.22. The lowest BCUT2D eigenvalue weighted by Gasteiger charge is -2.38. The Hall–Kier alpha value is -1.07. The fourth-order valence-electron chi connectivity index (χ4n) is 2.73. The van der Waals surface area contributed by atoms with Crippen LogP contribution in [0, 0.1) is 5.92 Å². The van der Waals surface area contributed by atoms with Gasteiger partial charge >= 0.3 is 0 Å². The molecule has 2 unspecified atom stereocenters. The van der Waals surface area contributed by atoms with Crippen LogP contribution in [0.3, 0.4) is 0 Å². The molecule has 0 radical (unpaired) electrons. The minimum atomic E-state index is -0.363. The van der Waals surface area contributed by atoms with Crippen LogP contribution in [0.2, 0.25) is 4.34 Å². The molecule has 1 aromatic heterocycles.